The zero-order valence-electron chi connectivity index (χ0n) is 10.5. The molecule has 1 saturated heterocycles. The number of hydrogen-bond acceptors (Lipinski definition) is 3. The van der Waals surface area contributed by atoms with Crippen molar-refractivity contribution in [2.75, 3.05) is 19.8 Å². The molecule has 5 heteroatoms. The van der Waals surface area contributed by atoms with E-state index in [9.17, 15) is 0 Å². The monoisotopic (exact) mass is 301 g/mol. The van der Waals surface area contributed by atoms with Gasteiger partial charge in [0.2, 0.25) is 0 Å². The van der Waals surface area contributed by atoms with E-state index in [4.69, 9.17) is 10.5 Å². The summed E-state index contributed by atoms with van der Waals surface area (Å²) in [6.45, 7) is 4.39. The van der Waals surface area contributed by atoms with Crippen LogP contribution in [0.1, 0.15) is 24.2 Å². The van der Waals surface area contributed by atoms with Gasteiger partial charge >= 0.3 is 0 Å². The van der Waals surface area contributed by atoms with Crippen molar-refractivity contribution in [1.29, 1.82) is 0 Å². The van der Waals surface area contributed by atoms with Crippen molar-refractivity contribution >= 4 is 15.9 Å². The van der Waals surface area contributed by atoms with Gasteiger partial charge in [0.15, 0.2) is 0 Å². The predicted molar refractivity (Wildman–Crippen MR) is 70.9 cm³/mol. The van der Waals surface area contributed by atoms with Crippen molar-refractivity contribution < 1.29 is 4.74 Å². The summed E-state index contributed by atoms with van der Waals surface area (Å²) in [6, 6.07) is 0. The Balaban J connectivity index is 2.23. The molecule has 1 aromatic heterocycles. The normalized spacial score (nSPS) is 19.5. The molecular weight excluding hydrogens is 282 g/mol. The summed E-state index contributed by atoms with van der Waals surface area (Å²) in [5.41, 5.74) is 8.46. The van der Waals surface area contributed by atoms with Gasteiger partial charge in [0, 0.05) is 20.3 Å². The van der Waals surface area contributed by atoms with Crippen molar-refractivity contribution in [2.24, 2.45) is 18.2 Å². The fourth-order valence-corrected chi connectivity index (χ4v) is 2.96. The van der Waals surface area contributed by atoms with Gasteiger partial charge in [0.1, 0.15) is 0 Å². The lowest BCUT2D eigenvalue weighted by Gasteiger charge is -2.36. The first kappa shape index (κ1) is 13.1. The van der Waals surface area contributed by atoms with Crippen LogP contribution >= 0.6 is 15.9 Å². The van der Waals surface area contributed by atoms with Crippen LogP contribution in [0.15, 0.2) is 4.47 Å². The number of hydrogen-bond donors (Lipinski definition) is 1. The van der Waals surface area contributed by atoms with Crippen molar-refractivity contribution in [3.8, 4) is 0 Å². The maximum Gasteiger partial charge on any atom is 0.0738 e. The van der Waals surface area contributed by atoms with Crippen LogP contribution in [-0.4, -0.2) is 29.5 Å². The van der Waals surface area contributed by atoms with Crippen LogP contribution in [0.2, 0.25) is 0 Å². The van der Waals surface area contributed by atoms with Crippen LogP contribution in [0, 0.1) is 12.3 Å². The van der Waals surface area contributed by atoms with Crippen LogP contribution in [0.25, 0.3) is 0 Å². The summed E-state index contributed by atoms with van der Waals surface area (Å²) in [4.78, 5) is 0. The molecule has 0 aliphatic carbocycles. The quantitative estimate of drug-likeness (QED) is 0.926. The highest BCUT2D eigenvalue weighted by Crippen LogP contribution is 2.35. The fraction of sp³-hybridized carbons (Fsp3) is 0.750. The molecule has 2 rings (SSSR count). The maximum absolute atomic E-state index is 5.99. The smallest absolute Gasteiger partial charge is 0.0738 e. The number of nitrogens with zero attached hydrogens (tertiary/aromatic N) is 2. The molecule has 0 unspecified atom stereocenters. The largest absolute Gasteiger partial charge is 0.381 e. The Morgan fingerprint density at radius 2 is 2.12 bits per heavy atom. The standard InChI is InChI=1S/C12H20BrN3O/c1-9-11(13)10(16(2)15-9)7-12(8-14)3-5-17-6-4-12/h3-8,14H2,1-2H3. The second-order valence-corrected chi connectivity index (χ2v) is 5.76. The van der Waals surface area contributed by atoms with E-state index in [1.54, 1.807) is 0 Å². The maximum atomic E-state index is 5.99. The molecule has 0 radical (unpaired) electrons. The fourth-order valence-electron chi connectivity index (χ4n) is 2.48. The highest BCUT2D eigenvalue weighted by atomic mass is 79.9. The molecule has 0 bridgehead atoms. The van der Waals surface area contributed by atoms with Crippen LogP contribution in [0.5, 0.6) is 0 Å². The molecule has 1 fully saturated rings. The number of halogens is 1. The second-order valence-electron chi connectivity index (χ2n) is 4.96. The van der Waals surface area contributed by atoms with E-state index in [2.05, 4.69) is 21.0 Å². The van der Waals surface area contributed by atoms with Crippen molar-refractivity contribution in [3.63, 3.8) is 0 Å². The minimum Gasteiger partial charge on any atom is -0.381 e. The van der Waals surface area contributed by atoms with Gasteiger partial charge in [-0.05, 0) is 54.1 Å². The molecule has 4 nitrogen and oxygen atoms in total. The third kappa shape index (κ3) is 2.56. The zero-order chi connectivity index (χ0) is 12.5. The van der Waals surface area contributed by atoms with E-state index in [0.29, 0.717) is 6.54 Å². The Morgan fingerprint density at radius 3 is 2.59 bits per heavy atom. The average molecular weight is 302 g/mol. The topological polar surface area (TPSA) is 53.1 Å². The summed E-state index contributed by atoms with van der Waals surface area (Å²) in [5, 5.41) is 4.44. The van der Waals surface area contributed by atoms with Gasteiger partial charge in [-0.2, -0.15) is 5.10 Å². The number of aryl methyl sites for hydroxylation is 2. The Kier molecular flexibility index (Phi) is 3.90. The van der Waals surface area contributed by atoms with Crippen LogP contribution in [0.4, 0.5) is 0 Å². The Morgan fingerprint density at radius 1 is 1.47 bits per heavy atom. The SMILES string of the molecule is Cc1nn(C)c(CC2(CN)CCOCC2)c1Br. The molecule has 2 N–H and O–H groups in total. The summed E-state index contributed by atoms with van der Waals surface area (Å²) >= 11 is 3.63. The van der Waals surface area contributed by atoms with Crippen molar-refractivity contribution in [1.82, 2.24) is 9.78 Å². The molecule has 1 aliphatic rings. The third-order valence-electron chi connectivity index (χ3n) is 3.79. The van der Waals surface area contributed by atoms with Crippen LogP contribution in [0.3, 0.4) is 0 Å². The first-order valence-electron chi connectivity index (χ1n) is 6.04. The highest BCUT2D eigenvalue weighted by Gasteiger charge is 2.33. The molecule has 1 aliphatic heterocycles. The van der Waals surface area contributed by atoms with Gasteiger partial charge < -0.3 is 10.5 Å². The lowest BCUT2D eigenvalue weighted by molar-refractivity contribution is 0.0182. The summed E-state index contributed by atoms with van der Waals surface area (Å²) in [5.74, 6) is 0. The van der Waals surface area contributed by atoms with E-state index in [1.807, 2.05) is 18.7 Å². The van der Waals surface area contributed by atoms with Crippen LogP contribution < -0.4 is 5.73 Å². The van der Waals surface area contributed by atoms with Gasteiger partial charge in [-0.1, -0.05) is 0 Å². The molecule has 0 amide bonds. The Bertz CT molecular complexity index is 397. The lowest BCUT2D eigenvalue weighted by atomic mass is 9.76. The molecular formula is C12H20BrN3O. The predicted octanol–water partition coefficient (Wildman–Crippen LogP) is 1.79. The number of nitrogens with two attached hydrogens (primary N) is 1. The van der Waals surface area contributed by atoms with Gasteiger partial charge in [-0.25, -0.2) is 0 Å². The number of aromatic nitrogens is 2. The van der Waals surface area contributed by atoms with E-state index in [1.165, 1.54) is 5.69 Å². The van der Waals surface area contributed by atoms with E-state index in [-0.39, 0.29) is 5.41 Å². The average Bonchev–Trinajstić information content (AvgIpc) is 2.57. The number of ether oxygens (including phenoxy) is 1. The molecule has 96 valence electrons. The Hall–Kier alpha value is -0.390. The summed E-state index contributed by atoms with van der Waals surface area (Å²) < 4.78 is 8.53. The van der Waals surface area contributed by atoms with Crippen molar-refractivity contribution in [3.05, 3.63) is 15.9 Å². The molecule has 0 spiro atoms. The van der Waals surface area contributed by atoms with Gasteiger partial charge in [-0.3, -0.25) is 4.68 Å². The summed E-state index contributed by atoms with van der Waals surface area (Å²) in [6.07, 6.45) is 3.06. The molecule has 0 saturated carbocycles. The van der Waals surface area contributed by atoms with E-state index >= 15 is 0 Å². The Labute approximate surface area is 111 Å². The van der Waals surface area contributed by atoms with Gasteiger partial charge in [0.05, 0.1) is 15.9 Å². The molecule has 2 heterocycles. The third-order valence-corrected chi connectivity index (χ3v) is 4.82. The van der Waals surface area contributed by atoms with Crippen molar-refractivity contribution in [2.45, 2.75) is 26.2 Å². The lowest BCUT2D eigenvalue weighted by Crippen LogP contribution is -2.39. The second kappa shape index (κ2) is 5.08. The van der Waals surface area contributed by atoms with Crippen LogP contribution in [-0.2, 0) is 18.2 Å². The van der Waals surface area contributed by atoms with E-state index in [0.717, 1.165) is 42.6 Å². The minimum absolute atomic E-state index is 0.182. The zero-order valence-corrected chi connectivity index (χ0v) is 12.1. The molecule has 17 heavy (non-hydrogen) atoms. The van der Waals surface area contributed by atoms with Gasteiger partial charge in [0.25, 0.3) is 0 Å². The highest BCUT2D eigenvalue weighted by molar-refractivity contribution is 9.10. The first-order chi connectivity index (χ1) is 8.08. The molecule has 0 aromatic carbocycles. The van der Waals surface area contributed by atoms with E-state index < -0.39 is 0 Å². The van der Waals surface area contributed by atoms with Gasteiger partial charge in [-0.15, -0.1) is 0 Å². The molecule has 0 atom stereocenters. The molecule has 1 aromatic rings. The number of rotatable bonds is 3. The summed E-state index contributed by atoms with van der Waals surface area (Å²) in [7, 11) is 2.00. The minimum atomic E-state index is 0.182. The first-order valence-corrected chi connectivity index (χ1v) is 6.83.